The minimum atomic E-state index is 0.887. The van der Waals surface area contributed by atoms with E-state index in [0.717, 1.165) is 15.0 Å². The molecular formula is C13H14BrNS. The van der Waals surface area contributed by atoms with Crippen LogP contribution in [0.1, 0.15) is 16.7 Å². The van der Waals surface area contributed by atoms with Gasteiger partial charge in [-0.2, -0.15) is 0 Å². The van der Waals surface area contributed by atoms with E-state index in [1.807, 2.05) is 5.38 Å². The summed E-state index contributed by atoms with van der Waals surface area (Å²) in [6.07, 6.45) is 0. The molecule has 0 aliphatic carbocycles. The van der Waals surface area contributed by atoms with Gasteiger partial charge in [-0.3, -0.25) is 0 Å². The summed E-state index contributed by atoms with van der Waals surface area (Å²) in [6.45, 7) is 6.44. The number of hydrogen-bond donors (Lipinski definition) is 1. The number of thiophene rings is 1. The lowest BCUT2D eigenvalue weighted by molar-refractivity contribution is 1.25. The van der Waals surface area contributed by atoms with Gasteiger partial charge in [-0.25, -0.2) is 0 Å². The summed E-state index contributed by atoms with van der Waals surface area (Å²) in [5.41, 5.74) is 12.3. The molecule has 1 nitrogen and oxygen atoms in total. The SMILES string of the molecule is Cc1c(Br)cc(-c2ccsc2N)c(C)c1C. The highest BCUT2D eigenvalue weighted by Gasteiger charge is 2.12. The van der Waals surface area contributed by atoms with Crippen LogP contribution in [0, 0.1) is 20.8 Å². The average Bonchev–Trinajstić information content (AvgIpc) is 2.67. The molecule has 3 heteroatoms. The molecule has 0 amide bonds. The van der Waals surface area contributed by atoms with Gasteiger partial charge in [-0.15, -0.1) is 11.3 Å². The molecular weight excluding hydrogens is 282 g/mol. The van der Waals surface area contributed by atoms with E-state index in [2.05, 4.69) is 48.8 Å². The van der Waals surface area contributed by atoms with Gasteiger partial charge in [0.15, 0.2) is 0 Å². The van der Waals surface area contributed by atoms with E-state index in [4.69, 9.17) is 5.73 Å². The molecule has 16 heavy (non-hydrogen) atoms. The van der Waals surface area contributed by atoms with Crippen LogP contribution in [0.5, 0.6) is 0 Å². The highest BCUT2D eigenvalue weighted by Crippen LogP contribution is 2.37. The maximum atomic E-state index is 5.98. The summed E-state index contributed by atoms with van der Waals surface area (Å²) in [4.78, 5) is 0. The number of nitrogens with two attached hydrogens (primary N) is 1. The lowest BCUT2D eigenvalue weighted by atomic mass is 9.95. The smallest absolute Gasteiger partial charge is 0.0936 e. The summed E-state index contributed by atoms with van der Waals surface area (Å²) in [6, 6.07) is 4.25. The lowest BCUT2D eigenvalue weighted by Gasteiger charge is -2.13. The van der Waals surface area contributed by atoms with Gasteiger partial charge in [0, 0.05) is 10.0 Å². The Balaban J connectivity index is 2.72. The summed E-state index contributed by atoms with van der Waals surface area (Å²) >= 11 is 5.19. The molecule has 0 atom stereocenters. The highest BCUT2D eigenvalue weighted by atomic mass is 79.9. The average molecular weight is 296 g/mol. The van der Waals surface area contributed by atoms with E-state index in [9.17, 15) is 0 Å². The second-order valence-electron chi connectivity index (χ2n) is 3.98. The van der Waals surface area contributed by atoms with E-state index in [0.29, 0.717) is 0 Å². The first-order chi connectivity index (χ1) is 7.52. The van der Waals surface area contributed by atoms with Gasteiger partial charge >= 0.3 is 0 Å². The second-order valence-corrected chi connectivity index (χ2v) is 5.78. The Kier molecular flexibility index (Phi) is 3.08. The largest absolute Gasteiger partial charge is 0.390 e. The first kappa shape index (κ1) is 11.7. The van der Waals surface area contributed by atoms with E-state index in [1.54, 1.807) is 11.3 Å². The third-order valence-electron chi connectivity index (χ3n) is 3.14. The Morgan fingerprint density at radius 2 is 1.75 bits per heavy atom. The van der Waals surface area contributed by atoms with Crippen LogP contribution in [0.15, 0.2) is 22.0 Å². The maximum absolute atomic E-state index is 5.98. The third-order valence-corrected chi connectivity index (χ3v) is 4.71. The molecule has 2 aromatic rings. The van der Waals surface area contributed by atoms with Crippen molar-refractivity contribution in [3.05, 3.63) is 38.7 Å². The van der Waals surface area contributed by atoms with Crippen molar-refractivity contribution in [2.45, 2.75) is 20.8 Å². The monoisotopic (exact) mass is 295 g/mol. The van der Waals surface area contributed by atoms with Gasteiger partial charge in [-0.1, -0.05) is 15.9 Å². The molecule has 1 heterocycles. The van der Waals surface area contributed by atoms with Crippen molar-refractivity contribution >= 4 is 32.3 Å². The normalized spacial score (nSPS) is 10.8. The van der Waals surface area contributed by atoms with Crippen molar-refractivity contribution in [1.29, 1.82) is 0 Å². The Morgan fingerprint density at radius 1 is 1.06 bits per heavy atom. The molecule has 0 radical (unpaired) electrons. The Labute approximate surface area is 108 Å². The molecule has 0 bridgehead atoms. The highest BCUT2D eigenvalue weighted by molar-refractivity contribution is 9.10. The Hall–Kier alpha value is -0.800. The molecule has 1 aromatic heterocycles. The zero-order valence-corrected chi connectivity index (χ0v) is 12.0. The standard InChI is InChI=1S/C13H14BrNS/c1-7-8(2)11(6-12(14)9(7)3)10-4-5-16-13(10)15/h4-6H,15H2,1-3H3. The third kappa shape index (κ3) is 1.78. The van der Waals surface area contributed by atoms with Crippen LogP contribution in [-0.2, 0) is 0 Å². The van der Waals surface area contributed by atoms with Crippen LogP contribution in [0.25, 0.3) is 11.1 Å². The van der Waals surface area contributed by atoms with Crippen LogP contribution >= 0.6 is 27.3 Å². The molecule has 0 aliphatic heterocycles. The molecule has 0 saturated carbocycles. The molecule has 0 unspecified atom stereocenters. The fourth-order valence-corrected chi connectivity index (χ4v) is 3.01. The predicted octanol–water partition coefficient (Wildman–Crippen LogP) is 4.69. The van der Waals surface area contributed by atoms with Crippen LogP contribution < -0.4 is 5.73 Å². The number of benzene rings is 1. The van der Waals surface area contributed by atoms with E-state index in [-0.39, 0.29) is 0 Å². The molecule has 0 spiro atoms. The summed E-state index contributed by atoms with van der Waals surface area (Å²) in [5.74, 6) is 0. The minimum Gasteiger partial charge on any atom is -0.390 e. The zero-order chi connectivity index (χ0) is 11.9. The fourth-order valence-electron chi connectivity index (χ4n) is 1.83. The van der Waals surface area contributed by atoms with Gasteiger partial charge in [0.2, 0.25) is 0 Å². The van der Waals surface area contributed by atoms with Crippen molar-refractivity contribution < 1.29 is 0 Å². The first-order valence-electron chi connectivity index (χ1n) is 5.12. The van der Waals surface area contributed by atoms with Gasteiger partial charge < -0.3 is 5.73 Å². The van der Waals surface area contributed by atoms with Crippen LogP contribution in [0.2, 0.25) is 0 Å². The van der Waals surface area contributed by atoms with Gasteiger partial charge in [-0.05, 0) is 60.5 Å². The molecule has 0 fully saturated rings. The molecule has 84 valence electrons. The molecule has 0 saturated heterocycles. The van der Waals surface area contributed by atoms with E-state index >= 15 is 0 Å². The number of anilines is 1. The van der Waals surface area contributed by atoms with E-state index < -0.39 is 0 Å². The second kappa shape index (κ2) is 4.22. The van der Waals surface area contributed by atoms with Crippen LogP contribution in [0.4, 0.5) is 5.00 Å². The molecule has 2 rings (SSSR count). The summed E-state index contributed by atoms with van der Waals surface area (Å²) in [5, 5.41) is 2.92. The maximum Gasteiger partial charge on any atom is 0.0936 e. The summed E-state index contributed by atoms with van der Waals surface area (Å²) in [7, 11) is 0. The fraction of sp³-hybridized carbons (Fsp3) is 0.231. The number of rotatable bonds is 1. The van der Waals surface area contributed by atoms with Gasteiger partial charge in [0.05, 0.1) is 5.00 Å². The van der Waals surface area contributed by atoms with Crippen molar-refractivity contribution in [1.82, 2.24) is 0 Å². The van der Waals surface area contributed by atoms with Gasteiger partial charge in [0.1, 0.15) is 0 Å². The number of hydrogen-bond acceptors (Lipinski definition) is 2. The number of halogens is 1. The lowest BCUT2D eigenvalue weighted by Crippen LogP contribution is -1.93. The van der Waals surface area contributed by atoms with Crippen molar-refractivity contribution in [3.63, 3.8) is 0 Å². The quantitative estimate of drug-likeness (QED) is 0.812. The van der Waals surface area contributed by atoms with E-state index in [1.165, 1.54) is 22.3 Å². The Morgan fingerprint density at radius 3 is 2.31 bits per heavy atom. The van der Waals surface area contributed by atoms with Gasteiger partial charge in [0.25, 0.3) is 0 Å². The predicted molar refractivity (Wildman–Crippen MR) is 76.1 cm³/mol. The summed E-state index contributed by atoms with van der Waals surface area (Å²) < 4.78 is 1.15. The minimum absolute atomic E-state index is 0.887. The topological polar surface area (TPSA) is 26.0 Å². The molecule has 0 aliphatic rings. The van der Waals surface area contributed by atoms with Crippen molar-refractivity contribution in [3.8, 4) is 11.1 Å². The molecule has 2 N–H and O–H groups in total. The van der Waals surface area contributed by atoms with Crippen LogP contribution in [-0.4, -0.2) is 0 Å². The Bertz CT molecular complexity index is 543. The van der Waals surface area contributed by atoms with Crippen molar-refractivity contribution in [2.24, 2.45) is 0 Å². The first-order valence-corrected chi connectivity index (χ1v) is 6.79. The molecule has 1 aromatic carbocycles. The van der Waals surface area contributed by atoms with Crippen molar-refractivity contribution in [2.75, 3.05) is 5.73 Å². The van der Waals surface area contributed by atoms with Crippen LogP contribution in [0.3, 0.4) is 0 Å². The zero-order valence-electron chi connectivity index (χ0n) is 9.60. The number of nitrogen functional groups attached to an aromatic ring is 1.